The molecule has 104 valence electrons. The van der Waals surface area contributed by atoms with Crippen LogP contribution in [0, 0.1) is 0 Å². The summed E-state index contributed by atoms with van der Waals surface area (Å²) in [6.45, 7) is 1.69. The normalized spacial score (nSPS) is 14.2. The zero-order valence-electron chi connectivity index (χ0n) is 11.7. The lowest BCUT2D eigenvalue weighted by Gasteiger charge is -2.08. The summed E-state index contributed by atoms with van der Waals surface area (Å²) in [5.74, 6) is 0.955. The molecule has 2 aromatic rings. The Morgan fingerprint density at radius 2 is 1.65 bits per heavy atom. The zero-order valence-corrected chi connectivity index (χ0v) is 11.7. The standard InChI is InChI=1S/C18H21NO/c1-2-4-15(5-3-1)12-13-20-18-10-6-16(7-11-18)14-19-17-8-9-17/h1-7,10-11,17,19H,8-9,12-14H2. The first-order chi connectivity index (χ1) is 9.90. The Hall–Kier alpha value is -1.80. The number of nitrogens with one attached hydrogen (secondary N) is 1. The molecule has 2 nitrogen and oxygen atoms in total. The van der Waals surface area contributed by atoms with Crippen LogP contribution in [0.25, 0.3) is 0 Å². The van der Waals surface area contributed by atoms with Gasteiger partial charge in [0.05, 0.1) is 6.61 Å². The summed E-state index contributed by atoms with van der Waals surface area (Å²) in [7, 11) is 0. The lowest BCUT2D eigenvalue weighted by atomic mass is 10.2. The number of rotatable bonds is 7. The second-order valence-corrected chi connectivity index (χ2v) is 5.38. The van der Waals surface area contributed by atoms with Crippen molar-refractivity contribution < 1.29 is 4.74 Å². The molecule has 3 rings (SSSR count). The van der Waals surface area contributed by atoms with Crippen molar-refractivity contribution in [2.45, 2.75) is 31.8 Å². The highest BCUT2D eigenvalue weighted by molar-refractivity contribution is 5.27. The van der Waals surface area contributed by atoms with E-state index in [1.54, 1.807) is 0 Å². The van der Waals surface area contributed by atoms with Crippen LogP contribution in [0.2, 0.25) is 0 Å². The van der Waals surface area contributed by atoms with Crippen molar-refractivity contribution in [3.8, 4) is 5.75 Å². The van der Waals surface area contributed by atoms with Crippen molar-refractivity contribution in [1.82, 2.24) is 5.32 Å². The second kappa shape index (κ2) is 6.58. The molecule has 0 bridgehead atoms. The molecule has 1 aliphatic carbocycles. The lowest BCUT2D eigenvalue weighted by Crippen LogP contribution is -2.15. The molecule has 1 aliphatic rings. The minimum absolute atomic E-state index is 0.726. The van der Waals surface area contributed by atoms with Gasteiger partial charge in [0.25, 0.3) is 0 Å². The quantitative estimate of drug-likeness (QED) is 0.828. The first kappa shape index (κ1) is 13.2. The van der Waals surface area contributed by atoms with Crippen LogP contribution in [-0.4, -0.2) is 12.6 Å². The minimum Gasteiger partial charge on any atom is -0.493 e. The van der Waals surface area contributed by atoms with Crippen LogP contribution < -0.4 is 10.1 Å². The third-order valence-electron chi connectivity index (χ3n) is 3.60. The van der Waals surface area contributed by atoms with E-state index < -0.39 is 0 Å². The van der Waals surface area contributed by atoms with Crippen LogP contribution in [0.15, 0.2) is 54.6 Å². The highest BCUT2D eigenvalue weighted by Gasteiger charge is 2.19. The van der Waals surface area contributed by atoms with E-state index in [9.17, 15) is 0 Å². The van der Waals surface area contributed by atoms with E-state index in [0.717, 1.165) is 31.4 Å². The van der Waals surface area contributed by atoms with Gasteiger partial charge in [0.1, 0.15) is 5.75 Å². The van der Waals surface area contributed by atoms with Crippen molar-refractivity contribution in [1.29, 1.82) is 0 Å². The Kier molecular flexibility index (Phi) is 4.34. The maximum absolute atomic E-state index is 5.78. The third kappa shape index (κ3) is 4.10. The molecule has 2 heteroatoms. The third-order valence-corrected chi connectivity index (χ3v) is 3.60. The highest BCUT2D eigenvalue weighted by atomic mass is 16.5. The van der Waals surface area contributed by atoms with E-state index in [2.05, 4.69) is 53.8 Å². The molecule has 2 aromatic carbocycles. The molecule has 1 fully saturated rings. The highest BCUT2D eigenvalue weighted by Crippen LogP contribution is 2.20. The topological polar surface area (TPSA) is 21.3 Å². The van der Waals surface area contributed by atoms with E-state index in [4.69, 9.17) is 4.74 Å². The van der Waals surface area contributed by atoms with Gasteiger partial charge in [-0.2, -0.15) is 0 Å². The smallest absolute Gasteiger partial charge is 0.119 e. The van der Waals surface area contributed by atoms with Crippen LogP contribution in [-0.2, 0) is 13.0 Å². The molecule has 0 unspecified atom stereocenters. The molecule has 0 atom stereocenters. The van der Waals surface area contributed by atoms with Crippen LogP contribution in [0.3, 0.4) is 0 Å². The molecule has 20 heavy (non-hydrogen) atoms. The molecule has 0 saturated heterocycles. The van der Waals surface area contributed by atoms with Gasteiger partial charge in [0, 0.05) is 19.0 Å². The van der Waals surface area contributed by atoms with Gasteiger partial charge in [-0.1, -0.05) is 42.5 Å². The van der Waals surface area contributed by atoms with Gasteiger partial charge in [0.2, 0.25) is 0 Å². The molecule has 0 spiro atoms. The van der Waals surface area contributed by atoms with Crippen LogP contribution in [0.5, 0.6) is 5.75 Å². The fourth-order valence-electron chi connectivity index (χ4n) is 2.18. The molecule has 0 aliphatic heterocycles. The second-order valence-electron chi connectivity index (χ2n) is 5.38. The first-order valence-electron chi connectivity index (χ1n) is 7.39. The molecule has 1 saturated carbocycles. The van der Waals surface area contributed by atoms with Crippen LogP contribution in [0.1, 0.15) is 24.0 Å². The monoisotopic (exact) mass is 267 g/mol. The summed E-state index contributed by atoms with van der Waals surface area (Å²) in [5, 5.41) is 3.52. The number of hydrogen-bond acceptors (Lipinski definition) is 2. The average molecular weight is 267 g/mol. The first-order valence-corrected chi connectivity index (χ1v) is 7.39. The molecule has 0 amide bonds. The number of ether oxygens (including phenoxy) is 1. The molecule has 0 aromatic heterocycles. The fourth-order valence-corrected chi connectivity index (χ4v) is 2.18. The van der Waals surface area contributed by atoms with E-state index in [1.165, 1.54) is 24.0 Å². The molecular formula is C18H21NO. The summed E-state index contributed by atoms with van der Waals surface area (Å²) in [6, 6.07) is 19.6. The van der Waals surface area contributed by atoms with Gasteiger partial charge in [-0.15, -0.1) is 0 Å². The minimum atomic E-state index is 0.726. The molecule has 0 radical (unpaired) electrons. The van der Waals surface area contributed by atoms with E-state index >= 15 is 0 Å². The average Bonchev–Trinajstić information content (AvgIpc) is 3.32. The lowest BCUT2D eigenvalue weighted by molar-refractivity contribution is 0.322. The van der Waals surface area contributed by atoms with E-state index in [1.807, 2.05) is 6.07 Å². The van der Waals surface area contributed by atoms with Crippen molar-refractivity contribution >= 4 is 0 Å². The predicted molar refractivity (Wildman–Crippen MR) is 81.9 cm³/mol. The van der Waals surface area contributed by atoms with Gasteiger partial charge in [0.15, 0.2) is 0 Å². The molecular weight excluding hydrogens is 246 g/mol. The summed E-state index contributed by atoms with van der Waals surface area (Å²) in [6.07, 6.45) is 3.62. The van der Waals surface area contributed by atoms with Crippen LogP contribution >= 0.6 is 0 Å². The number of hydrogen-bond donors (Lipinski definition) is 1. The Bertz CT molecular complexity index is 517. The van der Waals surface area contributed by atoms with Crippen LogP contribution in [0.4, 0.5) is 0 Å². The maximum Gasteiger partial charge on any atom is 0.119 e. The zero-order chi connectivity index (χ0) is 13.6. The summed E-state index contributed by atoms with van der Waals surface area (Å²) in [4.78, 5) is 0. The Morgan fingerprint density at radius 1 is 0.900 bits per heavy atom. The fraction of sp³-hybridized carbons (Fsp3) is 0.333. The van der Waals surface area contributed by atoms with Gasteiger partial charge >= 0.3 is 0 Å². The largest absolute Gasteiger partial charge is 0.493 e. The van der Waals surface area contributed by atoms with E-state index in [0.29, 0.717) is 0 Å². The maximum atomic E-state index is 5.78. The van der Waals surface area contributed by atoms with Crippen molar-refractivity contribution in [3.05, 3.63) is 65.7 Å². The Balaban J connectivity index is 1.43. The van der Waals surface area contributed by atoms with E-state index in [-0.39, 0.29) is 0 Å². The summed E-state index contributed by atoms with van der Waals surface area (Å²) < 4.78 is 5.78. The predicted octanol–water partition coefficient (Wildman–Crippen LogP) is 3.56. The van der Waals surface area contributed by atoms with Crippen molar-refractivity contribution in [2.75, 3.05) is 6.61 Å². The Morgan fingerprint density at radius 3 is 2.35 bits per heavy atom. The molecule has 1 N–H and O–H groups in total. The Labute approximate surface area is 120 Å². The van der Waals surface area contributed by atoms with Crippen molar-refractivity contribution in [2.24, 2.45) is 0 Å². The summed E-state index contributed by atoms with van der Waals surface area (Å²) in [5.41, 5.74) is 2.64. The SMILES string of the molecule is c1ccc(CCOc2ccc(CNC3CC3)cc2)cc1. The molecule has 0 heterocycles. The van der Waals surface area contributed by atoms with Crippen molar-refractivity contribution in [3.63, 3.8) is 0 Å². The van der Waals surface area contributed by atoms with Gasteiger partial charge < -0.3 is 10.1 Å². The number of benzene rings is 2. The van der Waals surface area contributed by atoms with Gasteiger partial charge in [-0.25, -0.2) is 0 Å². The van der Waals surface area contributed by atoms with Gasteiger partial charge in [-0.05, 0) is 36.1 Å². The summed E-state index contributed by atoms with van der Waals surface area (Å²) >= 11 is 0. The van der Waals surface area contributed by atoms with Gasteiger partial charge in [-0.3, -0.25) is 0 Å².